The predicted octanol–water partition coefficient (Wildman–Crippen LogP) is 4.64. The molecule has 0 saturated heterocycles. The van der Waals surface area contributed by atoms with Crippen molar-refractivity contribution in [1.82, 2.24) is 0 Å². The van der Waals surface area contributed by atoms with Crippen molar-refractivity contribution in [3.8, 4) is 22.6 Å². The van der Waals surface area contributed by atoms with Crippen molar-refractivity contribution in [2.45, 2.75) is 0 Å². The summed E-state index contributed by atoms with van der Waals surface area (Å²) >= 11 is 0. The maximum absolute atomic E-state index is 12.3. The van der Waals surface area contributed by atoms with Gasteiger partial charge in [-0.15, -0.1) is 0 Å². The zero-order valence-electron chi connectivity index (χ0n) is 15.0. The van der Waals surface area contributed by atoms with E-state index in [0.717, 1.165) is 17.2 Å². The molecule has 3 aromatic carbocycles. The van der Waals surface area contributed by atoms with Crippen LogP contribution in [0.4, 0.5) is 0 Å². The highest BCUT2D eigenvalue weighted by Gasteiger charge is 2.09. The van der Waals surface area contributed by atoms with E-state index in [1.807, 2.05) is 42.5 Å². The molecule has 3 aromatic rings. The summed E-state index contributed by atoms with van der Waals surface area (Å²) in [7, 11) is 0. The minimum Gasteiger partial charge on any atom is -0.457 e. The van der Waals surface area contributed by atoms with Gasteiger partial charge < -0.3 is 14.2 Å². The molecule has 0 saturated carbocycles. The minimum absolute atomic E-state index is 0.234. The molecule has 28 heavy (non-hydrogen) atoms. The Balaban J connectivity index is 1.57. The number of hydrogen-bond donors (Lipinski definition) is 0. The van der Waals surface area contributed by atoms with Crippen LogP contribution in [0, 0.1) is 0 Å². The fourth-order valence-electron chi connectivity index (χ4n) is 2.41. The maximum atomic E-state index is 12.3. The van der Waals surface area contributed by atoms with Crippen molar-refractivity contribution >= 4 is 11.9 Å². The molecule has 0 amide bonds. The quantitative estimate of drug-likeness (QED) is 0.261. The molecule has 0 aliphatic carbocycles. The van der Waals surface area contributed by atoms with E-state index in [-0.39, 0.29) is 6.79 Å². The second-order valence-corrected chi connectivity index (χ2v) is 5.73. The Morgan fingerprint density at radius 2 is 1.39 bits per heavy atom. The summed E-state index contributed by atoms with van der Waals surface area (Å²) in [4.78, 5) is 23.2. The lowest BCUT2D eigenvalue weighted by atomic mass is 10.1. The maximum Gasteiger partial charge on any atom is 0.343 e. The van der Waals surface area contributed by atoms with Crippen LogP contribution in [0.15, 0.2) is 91.5 Å². The fourth-order valence-corrected chi connectivity index (χ4v) is 2.41. The van der Waals surface area contributed by atoms with Gasteiger partial charge in [-0.05, 0) is 47.5 Å². The van der Waals surface area contributed by atoms with Gasteiger partial charge in [0.05, 0.1) is 5.56 Å². The van der Waals surface area contributed by atoms with E-state index >= 15 is 0 Å². The van der Waals surface area contributed by atoms with E-state index in [1.165, 1.54) is 0 Å². The SMILES string of the molecule is C=CC(=O)OCOc1ccc(C(=O)Oc2ccc(-c3ccccc3)cc2)cc1. The Bertz CT molecular complexity index is 945. The topological polar surface area (TPSA) is 61.8 Å². The van der Waals surface area contributed by atoms with E-state index in [4.69, 9.17) is 14.2 Å². The third-order valence-corrected chi connectivity index (χ3v) is 3.86. The molecule has 5 nitrogen and oxygen atoms in total. The van der Waals surface area contributed by atoms with Crippen LogP contribution in [0.5, 0.6) is 11.5 Å². The Hall–Kier alpha value is -3.86. The largest absolute Gasteiger partial charge is 0.457 e. The van der Waals surface area contributed by atoms with Crippen molar-refractivity contribution in [1.29, 1.82) is 0 Å². The highest BCUT2D eigenvalue weighted by atomic mass is 16.7. The van der Waals surface area contributed by atoms with Gasteiger partial charge in [0.15, 0.2) is 0 Å². The molecule has 0 N–H and O–H groups in total. The lowest BCUT2D eigenvalue weighted by molar-refractivity contribution is -0.144. The van der Waals surface area contributed by atoms with Crippen molar-refractivity contribution < 1.29 is 23.8 Å². The van der Waals surface area contributed by atoms with Gasteiger partial charge in [-0.3, -0.25) is 0 Å². The number of esters is 2. The van der Waals surface area contributed by atoms with Crippen molar-refractivity contribution in [2.24, 2.45) is 0 Å². The van der Waals surface area contributed by atoms with Gasteiger partial charge in [0.1, 0.15) is 11.5 Å². The second kappa shape index (κ2) is 9.19. The molecule has 0 heterocycles. The van der Waals surface area contributed by atoms with E-state index in [0.29, 0.717) is 17.1 Å². The molecule has 140 valence electrons. The van der Waals surface area contributed by atoms with Crippen molar-refractivity contribution in [3.63, 3.8) is 0 Å². The first-order valence-electron chi connectivity index (χ1n) is 8.55. The molecule has 0 fully saturated rings. The summed E-state index contributed by atoms with van der Waals surface area (Å²) in [5.74, 6) is -0.127. The zero-order chi connectivity index (χ0) is 19.8. The molecular weight excluding hydrogens is 356 g/mol. The molecule has 5 heteroatoms. The van der Waals surface area contributed by atoms with Gasteiger partial charge in [-0.2, -0.15) is 0 Å². The molecule has 3 rings (SSSR count). The van der Waals surface area contributed by atoms with Gasteiger partial charge in [0, 0.05) is 6.08 Å². The Morgan fingerprint density at radius 3 is 2.04 bits per heavy atom. The zero-order valence-corrected chi connectivity index (χ0v) is 15.0. The first kappa shape index (κ1) is 18.9. The minimum atomic E-state index is -0.571. The molecule has 0 aromatic heterocycles. The summed E-state index contributed by atoms with van der Waals surface area (Å²) < 4.78 is 15.4. The second-order valence-electron chi connectivity index (χ2n) is 5.73. The normalized spacial score (nSPS) is 10.0. The Kier molecular flexibility index (Phi) is 6.21. The molecule has 0 aliphatic rings. The number of benzene rings is 3. The third-order valence-electron chi connectivity index (χ3n) is 3.86. The predicted molar refractivity (Wildman–Crippen MR) is 105 cm³/mol. The molecule has 0 unspecified atom stereocenters. The lowest BCUT2D eigenvalue weighted by Gasteiger charge is -2.08. The van der Waals surface area contributed by atoms with Crippen LogP contribution in [-0.4, -0.2) is 18.7 Å². The average molecular weight is 374 g/mol. The molecule has 0 radical (unpaired) electrons. The molecule has 0 atom stereocenters. The van der Waals surface area contributed by atoms with E-state index in [9.17, 15) is 9.59 Å². The number of hydrogen-bond acceptors (Lipinski definition) is 5. The molecular formula is C23H18O5. The van der Waals surface area contributed by atoms with Crippen LogP contribution < -0.4 is 9.47 Å². The third kappa shape index (κ3) is 5.08. The van der Waals surface area contributed by atoms with Crippen LogP contribution in [0.25, 0.3) is 11.1 Å². The fraction of sp³-hybridized carbons (Fsp3) is 0.0435. The van der Waals surface area contributed by atoms with Gasteiger partial charge in [-0.25, -0.2) is 9.59 Å². The summed E-state index contributed by atoms with van der Waals surface area (Å²) in [6.07, 6.45) is 1.05. The number of rotatable bonds is 7. The molecule has 0 aliphatic heterocycles. The summed E-state index contributed by atoms with van der Waals surface area (Å²) in [5, 5.41) is 0. The smallest absolute Gasteiger partial charge is 0.343 e. The van der Waals surface area contributed by atoms with Gasteiger partial charge >= 0.3 is 11.9 Å². The highest BCUT2D eigenvalue weighted by molar-refractivity contribution is 5.91. The van der Waals surface area contributed by atoms with Crippen LogP contribution in [0.2, 0.25) is 0 Å². The Morgan fingerprint density at radius 1 is 0.786 bits per heavy atom. The summed E-state index contributed by atoms with van der Waals surface area (Å²) in [5.41, 5.74) is 2.51. The number of carbonyl (C=O) groups is 2. The van der Waals surface area contributed by atoms with E-state index in [2.05, 4.69) is 6.58 Å². The van der Waals surface area contributed by atoms with E-state index < -0.39 is 11.9 Å². The van der Waals surface area contributed by atoms with Crippen LogP contribution in [0.3, 0.4) is 0 Å². The van der Waals surface area contributed by atoms with Crippen LogP contribution in [0.1, 0.15) is 10.4 Å². The average Bonchev–Trinajstić information content (AvgIpc) is 2.75. The van der Waals surface area contributed by atoms with Crippen molar-refractivity contribution in [2.75, 3.05) is 6.79 Å². The summed E-state index contributed by atoms with van der Waals surface area (Å²) in [6, 6.07) is 23.6. The van der Waals surface area contributed by atoms with Crippen LogP contribution >= 0.6 is 0 Å². The van der Waals surface area contributed by atoms with Crippen molar-refractivity contribution in [3.05, 3.63) is 97.1 Å². The monoisotopic (exact) mass is 374 g/mol. The Labute approximate surface area is 162 Å². The first-order chi connectivity index (χ1) is 13.7. The number of ether oxygens (including phenoxy) is 3. The van der Waals surface area contributed by atoms with Gasteiger partial charge in [0.2, 0.25) is 6.79 Å². The van der Waals surface area contributed by atoms with Gasteiger partial charge in [-0.1, -0.05) is 49.0 Å². The first-order valence-corrected chi connectivity index (χ1v) is 8.55. The van der Waals surface area contributed by atoms with E-state index in [1.54, 1.807) is 36.4 Å². The van der Waals surface area contributed by atoms with Gasteiger partial charge in [0.25, 0.3) is 0 Å². The lowest BCUT2D eigenvalue weighted by Crippen LogP contribution is -2.09. The van der Waals surface area contributed by atoms with Crippen LogP contribution in [-0.2, 0) is 9.53 Å². The molecule has 0 bridgehead atoms. The molecule has 0 spiro atoms. The highest BCUT2D eigenvalue weighted by Crippen LogP contribution is 2.23. The summed E-state index contributed by atoms with van der Waals surface area (Å²) in [6.45, 7) is 3.06. The standard InChI is InChI=1S/C23H18O5/c1-2-22(24)27-16-26-20-12-10-19(11-13-20)23(25)28-21-14-8-18(9-15-21)17-6-4-3-5-7-17/h2-15H,1,16H2. The number of carbonyl (C=O) groups excluding carboxylic acids is 2.